The highest BCUT2D eigenvalue weighted by Crippen LogP contribution is 2.25. The maximum absolute atomic E-state index is 12.4. The molecule has 0 saturated heterocycles. The number of aromatic nitrogens is 1. The normalized spacial score (nSPS) is 10.7. The lowest BCUT2D eigenvalue weighted by molar-refractivity contribution is 0.0698. The molecule has 1 heterocycles. The highest BCUT2D eigenvalue weighted by Gasteiger charge is 2.19. The van der Waals surface area contributed by atoms with Gasteiger partial charge in [-0.15, -0.1) is 0 Å². The van der Waals surface area contributed by atoms with E-state index in [1.807, 2.05) is 0 Å². The summed E-state index contributed by atoms with van der Waals surface area (Å²) in [6, 6.07) is 9.29. The van der Waals surface area contributed by atoms with Crippen molar-refractivity contribution in [3.63, 3.8) is 0 Å². The van der Waals surface area contributed by atoms with Crippen LogP contribution in [0.4, 0.5) is 5.69 Å². The van der Waals surface area contributed by atoms with Crippen molar-refractivity contribution in [2.75, 3.05) is 5.32 Å². The molecule has 0 aliphatic carbocycles. The second-order valence-corrected chi connectivity index (χ2v) is 5.97. The minimum absolute atomic E-state index is 0.0384. The van der Waals surface area contributed by atoms with E-state index in [4.69, 9.17) is 16.1 Å². The molecule has 0 spiro atoms. The third-order valence-electron chi connectivity index (χ3n) is 3.11. The van der Waals surface area contributed by atoms with Crippen LogP contribution < -0.4 is 5.32 Å². The van der Waals surface area contributed by atoms with Crippen LogP contribution in [-0.2, 0) is 0 Å². The minimum atomic E-state index is -1.15. The van der Waals surface area contributed by atoms with Crippen LogP contribution >= 0.6 is 27.5 Å². The van der Waals surface area contributed by atoms with Gasteiger partial charge >= 0.3 is 5.97 Å². The smallest absolute Gasteiger partial charge is 0.337 e. The number of carbonyl (C=O) groups is 2. The number of rotatable bonds is 3. The Labute approximate surface area is 143 Å². The van der Waals surface area contributed by atoms with E-state index in [2.05, 4.69) is 26.4 Å². The molecule has 23 heavy (non-hydrogen) atoms. The van der Waals surface area contributed by atoms with Crippen molar-refractivity contribution in [3.05, 3.63) is 57.2 Å². The van der Waals surface area contributed by atoms with Crippen LogP contribution in [0.3, 0.4) is 0 Å². The maximum atomic E-state index is 12.4. The maximum Gasteiger partial charge on any atom is 0.337 e. The molecule has 1 aromatic heterocycles. The number of nitrogens with zero attached hydrogens (tertiary/aromatic N) is 1. The molecule has 116 valence electrons. The van der Waals surface area contributed by atoms with Gasteiger partial charge in [0.05, 0.1) is 16.6 Å². The van der Waals surface area contributed by atoms with Gasteiger partial charge in [0, 0.05) is 15.6 Å². The topological polar surface area (TPSA) is 92.4 Å². The van der Waals surface area contributed by atoms with Gasteiger partial charge in [-0.25, -0.2) is 4.79 Å². The van der Waals surface area contributed by atoms with Crippen molar-refractivity contribution in [3.8, 4) is 0 Å². The molecule has 6 nitrogen and oxygen atoms in total. The number of carboxylic acids is 1. The molecule has 2 aromatic carbocycles. The summed E-state index contributed by atoms with van der Waals surface area (Å²) in [5.41, 5.74) is 0.548. The molecule has 1 amide bonds. The molecular formula is C15H8BrClN2O4. The average Bonchev–Trinajstić information content (AvgIpc) is 2.91. The number of halogens is 2. The lowest BCUT2D eigenvalue weighted by atomic mass is 10.1. The Kier molecular flexibility index (Phi) is 4.06. The SMILES string of the molecule is O=C(O)c1cc(Br)ccc1NC(=O)c1noc2cc(Cl)ccc12. The summed E-state index contributed by atoms with van der Waals surface area (Å²) < 4.78 is 5.66. The fraction of sp³-hybridized carbons (Fsp3) is 0. The first-order valence-electron chi connectivity index (χ1n) is 6.35. The van der Waals surface area contributed by atoms with Crippen molar-refractivity contribution in [1.29, 1.82) is 0 Å². The second kappa shape index (κ2) is 6.02. The predicted molar refractivity (Wildman–Crippen MR) is 88.1 cm³/mol. The van der Waals surface area contributed by atoms with Gasteiger partial charge in [0.1, 0.15) is 0 Å². The Balaban J connectivity index is 1.97. The molecule has 3 rings (SSSR count). The summed E-state index contributed by atoms with van der Waals surface area (Å²) in [7, 11) is 0. The third kappa shape index (κ3) is 3.06. The first-order chi connectivity index (χ1) is 11.0. The van der Waals surface area contributed by atoms with Gasteiger partial charge in [0.15, 0.2) is 11.3 Å². The Morgan fingerprint density at radius 2 is 2.00 bits per heavy atom. The zero-order valence-electron chi connectivity index (χ0n) is 11.3. The van der Waals surface area contributed by atoms with Crippen LogP contribution in [0, 0.1) is 0 Å². The first-order valence-corrected chi connectivity index (χ1v) is 7.52. The summed E-state index contributed by atoms with van der Waals surface area (Å²) >= 11 is 9.04. The van der Waals surface area contributed by atoms with Crippen LogP contribution in [0.15, 0.2) is 45.4 Å². The third-order valence-corrected chi connectivity index (χ3v) is 3.84. The monoisotopic (exact) mass is 394 g/mol. The van der Waals surface area contributed by atoms with Crippen molar-refractivity contribution in [1.82, 2.24) is 5.16 Å². The molecule has 0 aliphatic rings. The lowest BCUT2D eigenvalue weighted by Crippen LogP contribution is -2.15. The summed E-state index contributed by atoms with van der Waals surface area (Å²) in [6.45, 7) is 0. The highest BCUT2D eigenvalue weighted by molar-refractivity contribution is 9.10. The fourth-order valence-corrected chi connectivity index (χ4v) is 2.58. The fourth-order valence-electron chi connectivity index (χ4n) is 2.06. The summed E-state index contributed by atoms with van der Waals surface area (Å²) in [5, 5.41) is 16.4. The molecule has 2 N–H and O–H groups in total. The molecular weight excluding hydrogens is 388 g/mol. The number of hydrogen-bond donors (Lipinski definition) is 2. The number of fused-ring (bicyclic) bond motifs is 1. The number of carboxylic acid groups (broad SMARTS) is 1. The second-order valence-electron chi connectivity index (χ2n) is 4.62. The number of carbonyl (C=O) groups excluding carboxylic acids is 1. The van der Waals surface area contributed by atoms with E-state index in [1.54, 1.807) is 24.3 Å². The van der Waals surface area contributed by atoms with Crippen molar-refractivity contribution >= 4 is 56.1 Å². The molecule has 0 radical (unpaired) electrons. The van der Waals surface area contributed by atoms with Crippen LogP contribution in [0.25, 0.3) is 11.0 Å². The van der Waals surface area contributed by atoms with Gasteiger partial charge < -0.3 is 14.9 Å². The molecule has 0 fully saturated rings. The zero-order valence-corrected chi connectivity index (χ0v) is 13.7. The van der Waals surface area contributed by atoms with Gasteiger partial charge in [-0.2, -0.15) is 0 Å². The number of nitrogens with one attached hydrogen (secondary N) is 1. The summed E-state index contributed by atoms with van der Waals surface area (Å²) in [4.78, 5) is 23.6. The lowest BCUT2D eigenvalue weighted by Gasteiger charge is -2.07. The number of amides is 1. The standard InChI is InChI=1S/C15H8BrClN2O4/c16-7-1-4-11(10(5-7)15(21)22)18-14(20)13-9-3-2-8(17)6-12(9)23-19-13/h1-6H,(H,18,20)(H,21,22). The highest BCUT2D eigenvalue weighted by atomic mass is 79.9. The Bertz CT molecular complexity index is 938. The molecule has 0 atom stereocenters. The number of benzene rings is 2. The number of anilines is 1. The van der Waals surface area contributed by atoms with Gasteiger partial charge in [-0.1, -0.05) is 32.7 Å². The van der Waals surface area contributed by atoms with Crippen LogP contribution in [0.1, 0.15) is 20.8 Å². The van der Waals surface area contributed by atoms with Crippen LogP contribution in [0.5, 0.6) is 0 Å². The quantitative estimate of drug-likeness (QED) is 0.693. The van der Waals surface area contributed by atoms with E-state index in [-0.39, 0.29) is 16.9 Å². The minimum Gasteiger partial charge on any atom is -0.478 e. The van der Waals surface area contributed by atoms with E-state index >= 15 is 0 Å². The Morgan fingerprint density at radius 1 is 1.22 bits per heavy atom. The van der Waals surface area contributed by atoms with Gasteiger partial charge in [0.25, 0.3) is 5.91 Å². The largest absolute Gasteiger partial charge is 0.478 e. The van der Waals surface area contributed by atoms with Gasteiger partial charge in [-0.3, -0.25) is 4.79 Å². The Morgan fingerprint density at radius 3 is 2.74 bits per heavy atom. The van der Waals surface area contributed by atoms with Crippen molar-refractivity contribution in [2.24, 2.45) is 0 Å². The first kappa shape index (κ1) is 15.5. The summed E-state index contributed by atoms with van der Waals surface area (Å²) in [6.07, 6.45) is 0. The average molecular weight is 396 g/mol. The molecule has 3 aromatic rings. The molecule has 0 bridgehead atoms. The van der Waals surface area contributed by atoms with E-state index in [0.29, 0.717) is 20.5 Å². The number of aromatic carboxylic acids is 1. The molecule has 8 heteroatoms. The van der Waals surface area contributed by atoms with Crippen LogP contribution in [0.2, 0.25) is 5.02 Å². The van der Waals surface area contributed by atoms with Crippen LogP contribution in [-0.4, -0.2) is 22.1 Å². The van der Waals surface area contributed by atoms with E-state index in [1.165, 1.54) is 12.1 Å². The molecule has 0 saturated carbocycles. The Hall–Kier alpha value is -2.38. The van der Waals surface area contributed by atoms with Gasteiger partial charge in [-0.05, 0) is 30.3 Å². The van der Waals surface area contributed by atoms with E-state index in [9.17, 15) is 14.7 Å². The van der Waals surface area contributed by atoms with Crippen molar-refractivity contribution < 1.29 is 19.2 Å². The zero-order chi connectivity index (χ0) is 16.6. The predicted octanol–water partition coefficient (Wildman–Crippen LogP) is 4.19. The molecule has 0 unspecified atom stereocenters. The number of hydrogen-bond acceptors (Lipinski definition) is 4. The van der Waals surface area contributed by atoms with Crippen molar-refractivity contribution in [2.45, 2.75) is 0 Å². The molecule has 0 aliphatic heterocycles. The van der Waals surface area contributed by atoms with E-state index in [0.717, 1.165) is 0 Å². The van der Waals surface area contributed by atoms with E-state index < -0.39 is 11.9 Å². The van der Waals surface area contributed by atoms with Gasteiger partial charge in [0.2, 0.25) is 0 Å². The summed E-state index contributed by atoms with van der Waals surface area (Å²) in [5.74, 6) is -1.73.